The Balaban J connectivity index is 1.44. The van der Waals surface area contributed by atoms with E-state index in [1.807, 2.05) is 19.9 Å². The summed E-state index contributed by atoms with van der Waals surface area (Å²) in [4.78, 5) is 14.6. The Hall–Kier alpha value is -1.87. The summed E-state index contributed by atoms with van der Waals surface area (Å²) >= 11 is 0. The van der Waals surface area contributed by atoms with Crippen LogP contribution in [0.3, 0.4) is 0 Å². The molecular formula is C24H34N2O. The summed E-state index contributed by atoms with van der Waals surface area (Å²) in [5.41, 5.74) is 3.92. The van der Waals surface area contributed by atoms with Crippen LogP contribution in [-0.2, 0) is 4.79 Å². The van der Waals surface area contributed by atoms with Gasteiger partial charge in [-0.3, -0.25) is 4.79 Å². The van der Waals surface area contributed by atoms with Crippen LogP contribution in [0.5, 0.6) is 0 Å². The van der Waals surface area contributed by atoms with Crippen molar-refractivity contribution in [1.82, 2.24) is 4.90 Å². The van der Waals surface area contributed by atoms with Crippen LogP contribution in [0, 0.1) is 5.92 Å². The van der Waals surface area contributed by atoms with Crippen LogP contribution < -0.4 is 5.32 Å². The van der Waals surface area contributed by atoms with Crippen molar-refractivity contribution in [2.45, 2.75) is 58.3 Å². The van der Waals surface area contributed by atoms with Crippen LogP contribution in [0.15, 0.2) is 48.1 Å². The Labute approximate surface area is 164 Å². The fourth-order valence-corrected chi connectivity index (χ4v) is 4.04. The fourth-order valence-electron chi connectivity index (χ4n) is 4.04. The maximum atomic E-state index is 11.9. The van der Waals surface area contributed by atoms with Gasteiger partial charge in [0, 0.05) is 11.6 Å². The van der Waals surface area contributed by atoms with E-state index >= 15 is 0 Å². The lowest BCUT2D eigenvalue weighted by Crippen LogP contribution is -2.33. The first kappa shape index (κ1) is 19.9. The summed E-state index contributed by atoms with van der Waals surface area (Å²) in [6, 6.07) is 8.45. The van der Waals surface area contributed by atoms with Gasteiger partial charge >= 0.3 is 0 Å². The zero-order valence-corrected chi connectivity index (χ0v) is 16.9. The van der Waals surface area contributed by atoms with Gasteiger partial charge in [-0.05, 0) is 81.8 Å². The van der Waals surface area contributed by atoms with Crippen molar-refractivity contribution in [1.29, 1.82) is 0 Å². The second-order valence-corrected chi connectivity index (χ2v) is 8.28. The van der Waals surface area contributed by atoms with E-state index in [9.17, 15) is 4.79 Å². The normalized spacial score (nSPS) is 18.6. The van der Waals surface area contributed by atoms with Crippen molar-refractivity contribution < 1.29 is 4.79 Å². The lowest BCUT2D eigenvalue weighted by Gasteiger charge is -2.32. The molecule has 2 aliphatic rings. The largest absolute Gasteiger partial charge is 0.326 e. The van der Waals surface area contributed by atoms with Gasteiger partial charge < -0.3 is 10.2 Å². The molecule has 0 spiro atoms. The lowest BCUT2D eigenvalue weighted by atomic mass is 9.89. The number of nitrogens with zero attached hydrogens (tertiary/aromatic N) is 1. The van der Waals surface area contributed by atoms with Crippen molar-refractivity contribution in [2.75, 3.05) is 25.0 Å². The number of rotatable bonds is 7. The predicted octanol–water partition coefficient (Wildman–Crippen LogP) is 5.52. The van der Waals surface area contributed by atoms with Crippen LogP contribution in [0.25, 0.3) is 0 Å². The summed E-state index contributed by atoms with van der Waals surface area (Å²) in [5.74, 6) is 0.714. The monoisotopic (exact) mass is 366 g/mol. The number of carbonyl (C=O) groups is 1. The third-order valence-corrected chi connectivity index (χ3v) is 5.81. The number of hydrogen-bond donors (Lipinski definition) is 1. The molecule has 1 heterocycles. The molecule has 0 aromatic heterocycles. The highest BCUT2D eigenvalue weighted by atomic mass is 16.1. The van der Waals surface area contributed by atoms with Crippen LogP contribution in [0.1, 0.15) is 63.9 Å². The number of benzene rings is 1. The standard InChI is InChI=1S/C24H34N2O/c1-19(2)24(27)25-23-12-6-11-22(18-23)21-13-16-26(17-14-21)15-7-10-20-8-4-3-5-9-20/h3-4,6,8,11-12,18-19,21H,5,7,9-10,13-17H2,1-2H3,(H,25,27). The molecule has 1 fully saturated rings. The number of hydrogen-bond acceptors (Lipinski definition) is 2. The number of amides is 1. The molecule has 1 aliphatic carbocycles. The smallest absolute Gasteiger partial charge is 0.226 e. The van der Waals surface area contributed by atoms with Crippen LogP contribution in [-0.4, -0.2) is 30.4 Å². The molecule has 27 heavy (non-hydrogen) atoms. The van der Waals surface area contributed by atoms with Crippen LogP contribution in [0.4, 0.5) is 5.69 Å². The molecule has 1 aliphatic heterocycles. The first-order valence-corrected chi connectivity index (χ1v) is 10.6. The number of allylic oxidation sites excluding steroid dienone is 4. The first-order valence-electron chi connectivity index (χ1n) is 10.6. The minimum Gasteiger partial charge on any atom is -0.326 e. The minimum atomic E-state index is 0.0114. The molecule has 146 valence electrons. The number of likely N-dealkylation sites (tertiary alicyclic amines) is 1. The molecule has 1 aromatic rings. The van der Waals surface area contributed by atoms with Gasteiger partial charge in [-0.15, -0.1) is 0 Å². The van der Waals surface area contributed by atoms with E-state index in [0.717, 1.165) is 5.69 Å². The van der Waals surface area contributed by atoms with Crippen LogP contribution >= 0.6 is 0 Å². The Morgan fingerprint density at radius 3 is 2.78 bits per heavy atom. The molecular weight excluding hydrogens is 332 g/mol. The molecule has 1 amide bonds. The summed E-state index contributed by atoms with van der Waals surface area (Å²) in [5, 5.41) is 3.03. The maximum absolute atomic E-state index is 11.9. The maximum Gasteiger partial charge on any atom is 0.226 e. The lowest BCUT2D eigenvalue weighted by molar-refractivity contribution is -0.118. The van der Waals surface area contributed by atoms with Crippen molar-refractivity contribution in [3.8, 4) is 0 Å². The molecule has 1 N–H and O–H groups in total. The van der Waals surface area contributed by atoms with E-state index in [4.69, 9.17) is 0 Å². The average molecular weight is 367 g/mol. The molecule has 0 bridgehead atoms. The molecule has 0 atom stereocenters. The number of nitrogens with one attached hydrogen (secondary N) is 1. The van der Waals surface area contributed by atoms with Crippen LogP contribution in [0.2, 0.25) is 0 Å². The minimum absolute atomic E-state index is 0.0114. The average Bonchev–Trinajstić information content (AvgIpc) is 2.69. The molecule has 0 unspecified atom stereocenters. The summed E-state index contributed by atoms with van der Waals surface area (Å²) in [7, 11) is 0. The van der Waals surface area contributed by atoms with Gasteiger partial charge in [-0.1, -0.05) is 49.8 Å². The summed E-state index contributed by atoms with van der Waals surface area (Å²) < 4.78 is 0. The van der Waals surface area contributed by atoms with Gasteiger partial charge in [0.15, 0.2) is 0 Å². The summed E-state index contributed by atoms with van der Waals surface area (Å²) in [6.07, 6.45) is 14.2. The molecule has 3 heteroatoms. The SMILES string of the molecule is CC(C)C(=O)Nc1cccc(C2CCN(CCCC3=CC=CCC3)CC2)c1. The topological polar surface area (TPSA) is 32.3 Å². The predicted molar refractivity (Wildman–Crippen MR) is 114 cm³/mol. The molecule has 3 nitrogen and oxygen atoms in total. The first-order chi connectivity index (χ1) is 13.1. The van der Waals surface area contributed by atoms with E-state index in [2.05, 4.69) is 46.6 Å². The van der Waals surface area contributed by atoms with E-state index < -0.39 is 0 Å². The Bertz CT molecular complexity index is 681. The second kappa shape index (κ2) is 9.89. The van der Waals surface area contributed by atoms with Crippen molar-refractivity contribution >= 4 is 11.6 Å². The van der Waals surface area contributed by atoms with Gasteiger partial charge in [0.05, 0.1) is 0 Å². The number of piperidine rings is 1. The van der Waals surface area contributed by atoms with E-state index in [1.54, 1.807) is 5.57 Å². The number of anilines is 1. The third-order valence-electron chi connectivity index (χ3n) is 5.81. The molecule has 1 aromatic carbocycles. The van der Waals surface area contributed by atoms with E-state index in [1.165, 1.54) is 63.7 Å². The Morgan fingerprint density at radius 1 is 1.26 bits per heavy atom. The van der Waals surface area contributed by atoms with Gasteiger partial charge in [0.1, 0.15) is 0 Å². The summed E-state index contributed by atoms with van der Waals surface area (Å²) in [6.45, 7) is 7.45. The molecule has 3 rings (SSSR count). The third kappa shape index (κ3) is 6.07. The molecule has 1 saturated heterocycles. The van der Waals surface area contributed by atoms with Crippen molar-refractivity contribution in [3.63, 3.8) is 0 Å². The van der Waals surface area contributed by atoms with Crippen molar-refractivity contribution in [2.24, 2.45) is 5.92 Å². The van der Waals surface area contributed by atoms with Gasteiger partial charge in [-0.25, -0.2) is 0 Å². The van der Waals surface area contributed by atoms with E-state index in [-0.39, 0.29) is 11.8 Å². The highest BCUT2D eigenvalue weighted by Crippen LogP contribution is 2.30. The second-order valence-electron chi connectivity index (χ2n) is 8.28. The Morgan fingerprint density at radius 2 is 2.07 bits per heavy atom. The fraction of sp³-hybridized carbons (Fsp3) is 0.542. The van der Waals surface area contributed by atoms with E-state index in [0.29, 0.717) is 5.92 Å². The Kier molecular flexibility index (Phi) is 7.28. The zero-order chi connectivity index (χ0) is 19.1. The van der Waals surface area contributed by atoms with Gasteiger partial charge in [0.25, 0.3) is 0 Å². The quantitative estimate of drug-likeness (QED) is 0.689. The van der Waals surface area contributed by atoms with Gasteiger partial charge in [-0.2, -0.15) is 0 Å². The number of carbonyl (C=O) groups excluding carboxylic acids is 1. The van der Waals surface area contributed by atoms with Crippen molar-refractivity contribution in [3.05, 3.63) is 53.6 Å². The highest BCUT2D eigenvalue weighted by Gasteiger charge is 2.20. The van der Waals surface area contributed by atoms with Gasteiger partial charge in [0.2, 0.25) is 5.91 Å². The molecule has 0 radical (unpaired) electrons. The highest BCUT2D eigenvalue weighted by molar-refractivity contribution is 5.92. The molecule has 0 saturated carbocycles. The zero-order valence-electron chi connectivity index (χ0n) is 16.9.